The minimum atomic E-state index is 0.515. The zero-order valence-electron chi connectivity index (χ0n) is 13.3. The van der Waals surface area contributed by atoms with Crippen LogP contribution < -0.4 is 19.5 Å². The number of hydrogen-bond donors (Lipinski definition) is 1. The monoisotopic (exact) mass is 307 g/mol. The van der Waals surface area contributed by atoms with Gasteiger partial charge in [-0.3, -0.25) is 0 Å². The third kappa shape index (κ3) is 3.14. The second kappa shape index (κ2) is 7.65. The number of nitrogens with zero attached hydrogens (tertiary/aromatic N) is 2. The third-order valence-electron chi connectivity index (χ3n) is 3.25. The van der Waals surface area contributed by atoms with E-state index in [1.165, 1.54) is 6.33 Å². The van der Waals surface area contributed by atoms with E-state index in [1.54, 1.807) is 28.4 Å². The number of nitrogens with one attached hydrogen (secondary N) is 1. The molecule has 0 bridgehead atoms. The van der Waals surface area contributed by atoms with E-state index in [1.807, 2.05) is 6.07 Å². The zero-order chi connectivity index (χ0) is 15.9. The van der Waals surface area contributed by atoms with E-state index in [9.17, 15) is 0 Å². The van der Waals surface area contributed by atoms with Crippen LogP contribution in [-0.4, -0.2) is 51.6 Å². The van der Waals surface area contributed by atoms with Gasteiger partial charge in [-0.05, 0) is 12.5 Å². The molecule has 0 spiro atoms. The molecule has 1 aromatic carbocycles. The van der Waals surface area contributed by atoms with E-state index in [2.05, 4.69) is 15.3 Å². The molecule has 0 aliphatic rings. The van der Waals surface area contributed by atoms with Crippen LogP contribution in [0.15, 0.2) is 12.4 Å². The Balaban J connectivity index is 2.47. The fraction of sp³-hybridized carbons (Fsp3) is 0.467. The molecule has 1 N–H and O–H groups in total. The van der Waals surface area contributed by atoms with E-state index >= 15 is 0 Å². The molecule has 1 aromatic heterocycles. The lowest BCUT2D eigenvalue weighted by molar-refractivity contribution is 0.198. The van der Waals surface area contributed by atoms with Crippen molar-refractivity contribution in [2.24, 2.45) is 0 Å². The number of benzene rings is 1. The summed E-state index contributed by atoms with van der Waals surface area (Å²) < 4.78 is 21.2. The molecule has 22 heavy (non-hydrogen) atoms. The minimum absolute atomic E-state index is 0.515. The molecule has 2 rings (SSSR count). The van der Waals surface area contributed by atoms with Gasteiger partial charge in [0.25, 0.3) is 0 Å². The zero-order valence-corrected chi connectivity index (χ0v) is 13.3. The van der Waals surface area contributed by atoms with Crippen LogP contribution >= 0.6 is 0 Å². The molecule has 0 radical (unpaired) electrons. The predicted molar refractivity (Wildman–Crippen MR) is 84.2 cm³/mol. The van der Waals surface area contributed by atoms with Crippen molar-refractivity contribution in [3.05, 3.63) is 12.4 Å². The number of fused-ring (bicyclic) bond motifs is 1. The maximum atomic E-state index is 5.45. The van der Waals surface area contributed by atoms with Crippen molar-refractivity contribution in [2.45, 2.75) is 6.42 Å². The van der Waals surface area contributed by atoms with E-state index in [0.29, 0.717) is 29.4 Å². The first kappa shape index (κ1) is 16.1. The van der Waals surface area contributed by atoms with Gasteiger partial charge < -0.3 is 24.3 Å². The first-order chi connectivity index (χ1) is 10.8. The number of aromatic nitrogens is 2. The van der Waals surface area contributed by atoms with Gasteiger partial charge in [0, 0.05) is 20.3 Å². The Morgan fingerprint density at radius 3 is 2.41 bits per heavy atom. The Labute approximate surface area is 129 Å². The van der Waals surface area contributed by atoms with Crippen LogP contribution in [-0.2, 0) is 4.74 Å². The minimum Gasteiger partial charge on any atom is -0.493 e. The van der Waals surface area contributed by atoms with Crippen molar-refractivity contribution >= 4 is 16.7 Å². The SMILES string of the molecule is COCCCNc1ncnc2c(OC)c(OC)c(OC)cc12. The molecule has 0 saturated carbocycles. The van der Waals surface area contributed by atoms with Gasteiger partial charge in [0.1, 0.15) is 17.7 Å². The molecular weight excluding hydrogens is 286 g/mol. The van der Waals surface area contributed by atoms with Gasteiger partial charge in [-0.1, -0.05) is 0 Å². The fourth-order valence-electron chi connectivity index (χ4n) is 2.23. The van der Waals surface area contributed by atoms with Crippen LogP contribution in [0.3, 0.4) is 0 Å². The Bertz CT molecular complexity index is 634. The molecule has 1 heterocycles. The lowest BCUT2D eigenvalue weighted by atomic mass is 10.2. The lowest BCUT2D eigenvalue weighted by Crippen LogP contribution is -2.07. The van der Waals surface area contributed by atoms with Crippen molar-refractivity contribution < 1.29 is 18.9 Å². The van der Waals surface area contributed by atoms with E-state index in [-0.39, 0.29) is 0 Å². The second-order valence-corrected chi connectivity index (χ2v) is 4.54. The molecule has 7 heteroatoms. The number of hydrogen-bond acceptors (Lipinski definition) is 7. The second-order valence-electron chi connectivity index (χ2n) is 4.54. The van der Waals surface area contributed by atoms with Crippen molar-refractivity contribution in [3.8, 4) is 17.2 Å². The summed E-state index contributed by atoms with van der Waals surface area (Å²) in [6, 6.07) is 1.84. The Morgan fingerprint density at radius 1 is 1.00 bits per heavy atom. The van der Waals surface area contributed by atoms with Gasteiger partial charge in [-0.15, -0.1) is 0 Å². The molecule has 7 nitrogen and oxygen atoms in total. The fourth-order valence-corrected chi connectivity index (χ4v) is 2.23. The number of rotatable bonds is 8. The molecule has 0 amide bonds. The molecule has 0 fully saturated rings. The van der Waals surface area contributed by atoms with E-state index in [4.69, 9.17) is 18.9 Å². The summed E-state index contributed by atoms with van der Waals surface area (Å²) in [5.74, 6) is 2.34. The number of ether oxygens (including phenoxy) is 4. The maximum Gasteiger partial charge on any atom is 0.205 e. The van der Waals surface area contributed by atoms with Crippen molar-refractivity contribution in [1.82, 2.24) is 9.97 Å². The summed E-state index contributed by atoms with van der Waals surface area (Å²) in [6.45, 7) is 1.44. The standard InChI is InChI=1S/C15H21N3O4/c1-19-7-5-6-16-15-10-8-11(20-2)13(21-3)14(22-4)12(10)17-9-18-15/h8-9H,5-7H2,1-4H3,(H,16,17,18). The summed E-state index contributed by atoms with van der Waals surface area (Å²) in [6.07, 6.45) is 2.38. The maximum absolute atomic E-state index is 5.45. The average Bonchev–Trinajstić information content (AvgIpc) is 2.56. The van der Waals surface area contributed by atoms with Crippen LogP contribution in [0, 0.1) is 0 Å². The van der Waals surface area contributed by atoms with E-state index < -0.39 is 0 Å². The van der Waals surface area contributed by atoms with Crippen LogP contribution in [0.1, 0.15) is 6.42 Å². The highest BCUT2D eigenvalue weighted by Gasteiger charge is 2.19. The van der Waals surface area contributed by atoms with Crippen LogP contribution in [0.5, 0.6) is 17.2 Å². The summed E-state index contributed by atoms with van der Waals surface area (Å²) in [4.78, 5) is 8.60. The normalized spacial score (nSPS) is 10.5. The average molecular weight is 307 g/mol. The van der Waals surface area contributed by atoms with E-state index in [0.717, 1.165) is 24.2 Å². The van der Waals surface area contributed by atoms with Crippen molar-refractivity contribution in [2.75, 3.05) is 46.9 Å². The lowest BCUT2D eigenvalue weighted by Gasteiger charge is -2.15. The van der Waals surface area contributed by atoms with Gasteiger partial charge >= 0.3 is 0 Å². The highest BCUT2D eigenvalue weighted by molar-refractivity contribution is 5.96. The first-order valence-electron chi connectivity index (χ1n) is 6.93. The summed E-state index contributed by atoms with van der Waals surface area (Å²) in [5.41, 5.74) is 0.671. The number of anilines is 1. The molecule has 0 unspecified atom stereocenters. The molecule has 0 saturated heterocycles. The van der Waals surface area contributed by atoms with Gasteiger partial charge in [-0.25, -0.2) is 9.97 Å². The van der Waals surface area contributed by atoms with Gasteiger partial charge in [0.2, 0.25) is 5.75 Å². The van der Waals surface area contributed by atoms with Crippen LogP contribution in [0.4, 0.5) is 5.82 Å². The summed E-state index contributed by atoms with van der Waals surface area (Å²) in [7, 11) is 6.41. The van der Waals surface area contributed by atoms with Crippen LogP contribution in [0.25, 0.3) is 10.9 Å². The quantitative estimate of drug-likeness (QED) is 0.748. The predicted octanol–water partition coefficient (Wildman–Crippen LogP) is 2.10. The molecule has 120 valence electrons. The largest absolute Gasteiger partial charge is 0.493 e. The van der Waals surface area contributed by atoms with Crippen molar-refractivity contribution in [1.29, 1.82) is 0 Å². The third-order valence-corrected chi connectivity index (χ3v) is 3.25. The Hall–Kier alpha value is -2.28. The van der Waals surface area contributed by atoms with Gasteiger partial charge in [0.05, 0.1) is 26.7 Å². The smallest absolute Gasteiger partial charge is 0.205 e. The molecule has 0 aliphatic heterocycles. The summed E-state index contributed by atoms with van der Waals surface area (Å²) in [5, 5.41) is 4.09. The topological polar surface area (TPSA) is 74.7 Å². The molecular formula is C15H21N3O4. The highest BCUT2D eigenvalue weighted by Crippen LogP contribution is 2.43. The molecule has 0 atom stereocenters. The van der Waals surface area contributed by atoms with Gasteiger partial charge in [-0.2, -0.15) is 0 Å². The number of methoxy groups -OCH3 is 4. The first-order valence-corrected chi connectivity index (χ1v) is 6.93. The van der Waals surface area contributed by atoms with Crippen LogP contribution in [0.2, 0.25) is 0 Å². The highest BCUT2D eigenvalue weighted by atomic mass is 16.5. The molecule has 2 aromatic rings. The summed E-state index contributed by atoms with van der Waals surface area (Å²) >= 11 is 0. The molecule has 0 aliphatic carbocycles. The Morgan fingerprint density at radius 2 is 1.77 bits per heavy atom. The Kier molecular flexibility index (Phi) is 5.60. The van der Waals surface area contributed by atoms with Gasteiger partial charge in [0.15, 0.2) is 11.5 Å². The van der Waals surface area contributed by atoms with Crippen molar-refractivity contribution in [3.63, 3.8) is 0 Å².